The lowest BCUT2D eigenvalue weighted by Crippen LogP contribution is -2.70. The molecule has 28 heavy (non-hydrogen) atoms. The van der Waals surface area contributed by atoms with E-state index >= 15 is 0 Å². The van der Waals surface area contributed by atoms with E-state index in [0.29, 0.717) is 26.1 Å². The highest BCUT2D eigenvalue weighted by atomic mass is 32.2. The molecule has 1 aromatic carbocycles. The maximum absolute atomic E-state index is 12.9. The number of benzene rings is 1. The Balaban J connectivity index is 1.41. The molecule has 2 aromatic rings. The van der Waals surface area contributed by atoms with Gasteiger partial charge in [-0.25, -0.2) is 13.4 Å². The van der Waals surface area contributed by atoms with Gasteiger partial charge in [0.05, 0.1) is 42.8 Å². The Morgan fingerprint density at radius 2 is 2.00 bits per heavy atom. The predicted octanol–water partition coefficient (Wildman–Crippen LogP) is 1.87. The number of imidazole rings is 1. The molecular weight excluding hydrogens is 378 g/mol. The van der Waals surface area contributed by atoms with E-state index in [2.05, 4.69) is 4.98 Å². The van der Waals surface area contributed by atoms with E-state index in [9.17, 15) is 13.2 Å². The fraction of sp³-hybridized carbons (Fsp3) is 0.600. The molecule has 0 aliphatic carbocycles. The number of hydrogen-bond acceptors (Lipinski definition) is 5. The average molecular weight is 406 g/mol. The van der Waals surface area contributed by atoms with Gasteiger partial charge in [0.25, 0.3) is 0 Å². The first-order chi connectivity index (χ1) is 13.1. The number of rotatable bonds is 3. The topological polar surface area (TPSA) is 81.5 Å². The van der Waals surface area contributed by atoms with Gasteiger partial charge in [-0.3, -0.25) is 4.79 Å². The molecule has 4 rings (SSSR count). The molecule has 2 aliphatic rings. The summed E-state index contributed by atoms with van der Waals surface area (Å²) in [4.78, 5) is 18.4. The highest BCUT2D eigenvalue weighted by Crippen LogP contribution is 2.34. The van der Waals surface area contributed by atoms with Crippen LogP contribution in [0.1, 0.15) is 27.2 Å². The molecule has 0 unspecified atom stereocenters. The molecule has 2 fully saturated rings. The molecule has 1 spiro atoms. The monoisotopic (exact) mass is 405 g/mol. The molecule has 1 amide bonds. The second-order valence-corrected chi connectivity index (χ2v) is 11.6. The minimum Gasteiger partial charge on any atom is -0.369 e. The van der Waals surface area contributed by atoms with Crippen molar-refractivity contribution < 1.29 is 17.9 Å². The van der Waals surface area contributed by atoms with Crippen LogP contribution in [0.25, 0.3) is 11.0 Å². The second kappa shape index (κ2) is 6.56. The zero-order chi connectivity index (χ0) is 20.2. The van der Waals surface area contributed by atoms with E-state index in [-0.39, 0.29) is 23.7 Å². The number of sulfone groups is 1. The highest BCUT2D eigenvalue weighted by molar-refractivity contribution is 7.92. The van der Waals surface area contributed by atoms with Gasteiger partial charge < -0.3 is 14.2 Å². The first-order valence-corrected chi connectivity index (χ1v) is 11.3. The maximum atomic E-state index is 12.9. The number of nitrogens with zero attached hydrogens (tertiary/aromatic N) is 3. The van der Waals surface area contributed by atoms with E-state index < -0.39 is 20.7 Å². The molecule has 2 saturated heterocycles. The summed E-state index contributed by atoms with van der Waals surface area (Å²) in [5.41, 5.74) is 0.943. The van der Waals surface area contributed by atoms with Crippen LogP contribution in [0.15, 0.2) is 30.6 Å². The summed E-state index contributed by atoms with van der Waals surface area (Å²) in [6.07, 6.45) is 2.13. The van der Waals surface area contributed by atoms with Crippen molar-refractivity contribution in [3.05, 3.63) is 30.6 Å². The number of likely N-dealkylation sites (tertiary alicyclic amines) is 1. The Hall–Kier alpha value is -1.93. The molecule has 1 atom stereocenters. The van der Waals surface area contributed by atoms with Crippen molar-refractivity contribution in [3.63, 3.8) is 0 Å². The normalized spacial score (nSPS) is 23.7. The Kier molecular flexibility index (Phi) is 4.54. The van der Waals surface area contributed by atoms with Crippen LogP contribution >= 0.6 is 0 Å². The van der Waals surface area contributed by atoms with Crippen molar-refractivity contribution in [1.29, 1.82) is 0 Å². The number of ether oxygens (including phenoxy) is 1. The Bertz CT molecular complexity index is 1000. The molecule has 7 nitrogen and oxygen atoms in total. The number of aromatic nitrogens is 2. The minimum atomic E-state index is -3.33. The summed E-state index contributed by atoms with van der Waals surface area (Å²) >= 11 is 0. The SMILES string of the molecule is CC(C)(C)CC(=O)N1CC2(C1)CS(=O)(=O)[C@@H](Cn1cnc3ccccc31)CO2. The van der Waals surface area contributed by atoms with Crippen molar-refractivity contribution in [3.8, 4) is 0 Å². The third-order valence-electron chi connectivity index (χ3n) is 5.47. The number of carbonyl (C=O) groups excluding carboxylic acids is 1. The second-order valence-electron chi connectivity index (χ2n) is 9.30. The van der Waals surface area contributed by atoms with E-state index in [0.717, 1.165) is 11.0 Å². The third kappa shape index (κ3) is 3.67. The van der Waals surface area contributed by atoms with Crippen LogP contribution in [-0.4, -0.2) is 65.1 Å². The molecule has 152 valence electrons. The number of carbonyl (C=O) groups is 1. The summed E-state index contributed by atoms with van der Waals surface area (Å²) in [7, 11) is -3.33. The average Bonchev–Trinajstić information content (AvgIpc) is 2.96. The molecule has 3 heterocycles. The van der Waals surface area contributed by atoms with Gasteiger partial charge in [-0.2, -0.15) is 0 Å². The largest absolute Gasteiger partial charge is 0.369 e. The number of amides is 1. The van der Waals surface area contributed by atoms with Crippen molar-refractivity contribution in [1.82, 2.24) is 14.5 Å². The summed E-state index contributed by atoms with van der Waals surface area (Å²) < 4.78 is 33.8. The van der Waals surface area contributed by atoms with Gasteiger partial charge in [-0.1, -0.05) is 32.9 Å². The Labute approximate surface area is 165 Å². The van der Waals surface area contributed by atoms with Crippen LogP contribution in [0, 0.1) is 5.41 Å². The zero-order valence-corrected chi connectivity index (χ0v) is 17.4. The van der Waals surface area contributed by atoms with Gasteiger partial charge in [0.2, 0.25) is 5.91 Å². The fourth-order valence-corrected chi connectivity index (χ4v) is 5.91. The number of hydrogen-bond donors (Lipinski definition) is 0. The summed E-state index contributed by atoms with van der Waals surface area (Å²) in [5.74, 6) is 0.0301. The van der Waals surface area contributed by atoms with Crippen LogP contribution in [0.3, 0.4) is 0 Å². The van der Waals surface area contributed by atoms with Gasteiger partial charge in [0.15, 0.2) is 9.84 Å². The zero-order valence-electron chi connectivity index (χ0n) is 16.6. The Morgan fingerprint density at radius 1 is 1.29 bits per heavy atom. The molecule has 0 N–H and O–H groups in total. The number of para-hydroxylation sites is 2. The first kappa shape index (κ1) is 19.4. The van der Waals surface area contributed by atoms with Crippen LogP contribution < -0.4 is 0 Å². The van der Waals surface area contributed by atoms with E-state index in [1.807, 2.05) is 49.6 Å². The van der Waals surface area contributed by atoms with E-state index in [1.54, 1.807) is 11.2 Å². The summed E-state index contributed by atoms with van der Waals surface area (Å²) in [6, 6.07) is 7.67. The lowest BCUT2D eigenvalue weighted by Gasteiger charge is -2.52. The first-order valence-electron chi connectivity index (χ1n) is 9.60. The number of fused-ring (bicyclic) bond motifs is 1. The standard InChI is InChI=1S/C20H27N3O4S/c1-19(2,3)8-18(24)23-11-20(12-23)13-28(25,26)15(10-27-20)9-22-14-21-16-6-4-5-7-17(16)22/h4-7,14-15H,8-13H2,1-3H3/t15-/m0/s1. The van der Waals surface area contributed by atoms with Crippen LogP contribution in [-0.2, 0) is 25.9 Å². The highest BCUT2D eigenvalue weighted by Gasteiger charge is 2.53. The van der Waals surface area contributed by atoms with Gasteiger partial charge in [-0.15, -0.1) is 0 Å². The van der Waals surface area contributed by atoms with Gasteiger partial charge in [-0.05, 0) is 17.5 Å². The molecular formula is C20H27N3O4S. The van der Waals surface area contributed by atoms with Crippen molar-refractivity contribution >= 4 is 26.8 Å². The van der Waals surface area contributed by atoms with Gasteiger partial charge in [0.1, 0.15) is 10.9 Å². The molecule has 1 aromatic heterocycles. The lowest BCUT2D eigenvalue weighted by atomic mass is 9.89. The predicted molar refractivity (Wildman–Crippen MR) is 107 cm³/mol. The smallest absolute Gasteiger partial charge is 0.223 e. The van der Waals surface area contributed by atoms with Gasteiger partial charge >= 0.3 is 0 Å². The minimum absolute atomic E-state index is 0.0312. The van der Waals surface area contributed by atoms with Crippen molar-refractivity contribution in [2.45, 2.75) is 44.6 Å². The maximum Gasteiger partial charge on any atom is 0.223 e. The Morgan fingerprint density at radius 3 is 2.68 bits per heavy atom. The molecule has 8 heteroatoms. The molecule has 0 bridgehead atoms. The van der Waals surface area contributed by atoms with Crippen molar-refractivity contribution in [2.24, 2.45) is 5.41 Å². The summed E-state index contributed by atoms with van der Waals surface area (Å²) in [6.45, 7) is 7.26. The molecule has 0 radical (unpaired) electrons. The summed E-state index contributed by atoms with van der Waals surface area (Å²) in [5, 5.41) is -0.602. The van der Waals surface area contributed by atoms with Crippen LogP contribution in [0.5, 0.6) is 0 Å². The van der Waals surface area contributed by atoms with E-state index in [1.165, 1.54) is 0 Å². The quantitative estimate of drug-likeness (QED) is 0.779. The van der Waals surface area contributed by atoms with Crippen molar-refractivity contribution in [2.75, 3.05) is 25.4 Å². The van der Waals surface area contributed by atoms with E-state index in [4.69, 9.17) is 4.74 Å². The molecule has 0 saturated carbocycles. The van der Waals surface area contributed by atoms with Crippen LogP contribution in [0.4, 0.5) is 0 Å². The lowest BCUT2D eigenvalue weighted by molar-refractivity contribution is -0.166. The third-order valence-corrected chi connectivity index (χ3v) is 7.70. The van der Waals surface area contributed by atoms with Gasteiger partial charge in [0, 0.05) is 13.0 Å². The molecule has 2 aliphatic heterocycles. The van der Waals surface area contributed by atoms with Crippen LogP contribution in [0.2, 0.25) is 0 Å². The fourth-order valence-electron chi connectivity index (χ4n) is 4.01.